The summed E-state index contributed by atoms with van der Waals surface area (Å²) in [6.45, 7) is 0.506. The largest absolute Gasteiger partial charge is 0.496 e. The highest BCUT2D eigenvalue weighted by Gasteiger charge is 2.19. The van der Waals surface area contributed by atoms with Crippen LogP contribution >= 0.6 is 11.8 Å². The van der Waals surface area contributed by atoms with E-state index in [1.165, 1.54) is 23.4 Å². The number of methoxy groups -OCH3 is 2. The van der Waals surface area contributed by atoms with Crippen molar-refractivity contribution in [1.82, 2.24) is 19.1 Å². The first-order valence-corrected chi connectivity index (χ1v) is 9.21. The van der Waals surface area contributed by atoms with Crippen LogP contribution in [0.1, 0.15) is 0 Å². The molecule has 0 aliphatic rings. The fourth-order valence-electron chi connectivity index (χ4n) is 2.70. The number of aryl methyl sites for hydroxylation is 1. The zero-order valence-corrected chi connectivity index (χ0v) is 16.4. The molecule has 8 nitrogen and oxygen atoms in total. The molecule has 0 saturated carbocycles. The van der Waals surface area contributed by atoms with Gasteiger partial charge in [0.05, 0.1) is 19.3 Å². The van der Waals surface area contributed by atoms with Gasteiger partial charge in [0.15, 0.2) is 11.5 Å². The molecule has 142 valence electrons. The normalized spacial score (nSPS) is 11.1. The van der Waals surface area contributed by atoms with Crippen LogP contribution in [0.15, 0.2) is 38.9 Å². The summed E-state index contributed by atoms with van der Waals surface area (Å²) in [6.07, 6.45) is 0. The topological polar surface area (TPSA) is 88.2 Å². The Labute approximate surface area is 159 Å². The molecule has 0 saturated heterocycles. The number of thioether (sulfide) groups is 1. The van der Waals surface area contributed by atoms with Gasteiger partial charge in [0.25, 0.3) is 5.56 Å². The van der Waals surface area contributed by atoms with Gasteiger partial charge in [-0.2, -0.15) is 0 Å². The van der Waals surface area contributed by atoms with Crippen molar-refractivity contribution in [1.29, 1.82) is 0 Å². The summed E-state index contributed by atoms with van der Waals surface area (Å²) in [5, 5.41) is 0.827. The van der Waals surface area contributed by atoms with Crippen molar-refractivity contribution in [2.75, 3.05) is 26.6 Å². The number of benzene rings is 1. The number of nitrogens with zero attached hydrogens (tertiary/aromatic N) is 4. The smallest absolute Gasteiger partial charge is 0.332 e. The number of fused-ring (bicyclic) bond motifs is 1. The Morgan fingerprint density at radius 2 is 1.81 bits per heavy atom. The maximum Gasteiger partial charge on any atom is 0.332 e. The SMILES string of the molecule is COCCSc1nc(-c2ccccc2OC)nc2c1c(=O)n(C)c(=O)n2C. The molecule has 27 heavy (non-hydrogen) atoms. The summed E-state index contributed by atoms with van der Waals surface area (Å²) in [7, 11) is 6.22. The number of aromatic nitrogens is 4. The van der Waals surface area contributed by atoms with Crippen molar-refractivity contribution in [3.8, 4) is 17.1 Å². The van der Waals surface area contributed by atoms with E-state index < -0.39 is 11.2 Å². The van der Waals surface area contributed by atoms with Gasteiger partial charge in [-0.05, 0) is 12.1 Å². The van der Waals surface area contributed by atoms with Crippen LogP contribution in [0.4, 0.5) is 0 Å². The minimum Gasteiger partial charge on any atom is -0.496 e. The zero-order valence-electron chi connectivity index (χ0n) is 15.6. The third-order valence-electron chi connectivity index (χ3n) is 4.14. The lowest BCUT2D eigenvalue weighted by Gasteiger charge is -2.13. The van der Waals surface area contributed by atoms with Crippen molar-refractivity contribution < 1.29 is 9.47 Å². The lowest BCUT2D eigenvalue weighted by Crippen LogP contribution is -2.37. The monoisotopic (exact) mass is 388 g/mol. The predicted octanol–water partition coefficient (Wildman–Crippen LogP) is 1.44. The van der Waals surface area contributed by atoms with Crippen LogP contribution in [0.2, 0.25) is 0 Å². The standard InChI is InChI=1S/C18H20N4O4S/c1-21-15-13(17(23)22(2)18(21)24)16(27-10-9-25-3)20-14(19-15)11-7-5-6-8-12(11)26-4/h5-8H,9-10H2,1-4H3. The second-order valence-corrected chi connectivity index (χ2v) is 6.88. The Hall–Kier alpha value is -2.65. The molecular weight excluding hydrogens is 368 g/mol. The van der Waals surface area contributed by atoms with E-state index in [9.17, 15) is 9.59 Å². The van der Waals surface area contributed by atoms with Gasteiger partial charge >= 0.3 is 5.69 Å². The van der Waals surface area contributed by atoms with Gasteiger partial charge in [-0.3, -0.25) is 13.9 Å². The second-order valence-electron chi connectivity index (χ2n) is 5.80. The van der Waals surface area contributed by atoms with E-state index >= 15 is 0 Å². The molecule has 9 heteroatoms. The summed E-state index contributed by atoms with van der Waals surface area (Å²) in [4.78, 5) is 34.2. The van der Waals surface area contributed by atoms with Gasteiger partial charge in [-0.15, -0.1) is 11.8 Å². The first-order chi connectivity index (χ1) is 13.0. The van der Waals surface area contributed by atoms with E-state index in [2.05, 4.69) is 9.97 Å². The molecule has 3 aromatic rings. The predicted molar refractivity (Wildman–Crippen MR) is 105 cm³/mol. The summed E-state index contributed by atoms with van der Waals surface area (Å²) >= 11 is 1.39. The third-order valence-corrected chi connectivity index (χ3v) is 5.08. The van der Waals surface area contributed by atoms with Gasteiger partial charge in [0, 0.05) is 27.0 Å². The van der Waals surface area contributed by atoms with Gasteiger partial charge in [-0.1, -0.05) is 12.1 Å². The molecule has 1 aromatic carbocycles. The number of hydrogen-bond acceptors (Lipinski definition) is 7. The highest BCUT2D eigenvalue weighted by atomic mass is 32.2. The molecular formula is C18H20N4O4S. The van der Waals surface area contributed by atoms with Crippen LogP contribution in [0.5, 0.6) is 5.75 Å². The van der Waals surface area contributed by atoms with E-state index in [1.54, 1.807) is 21.3 Å². The Morgan fingerprint density at radius 1 is 1.07 bits per heavy atom. The quantitative estimate of drug-likeness (QED) is 0.359. The van der Waals surface area contributed by atoms with E-state index in [-0.39, 0.29) is 0 Å². The third kappa shape index (κ3) is 3.47. The fourth-order valence-corrected chi connectivity index (χ4v) is 3.62. The number of ether oxygens (including phenoxy) is 2. The molecule has 0 aliphatic heterocycles. The Balaban J connectivity index is 2.34. The lowest BCUT2D eigenvalue weighted by atomic mass is 10.2. The number of hydrogen-bond donors (Lipinski definition) is 0. The molecule has 0 atom stereocenters. The van der Waals surface area contributed by atoms with Gasteiger partial charge < -0.3 is 9.47 Å². The van der Waals surface area contributed by atoms with Crippen molar-refractivity contribution in [3.63, 3.8) is 0 Å². The van der Waals surface area contributed by atoms with Crippen LogP contribution < -0.4 is 16.0 Å². The molecule has 0 N–H and O–H groups in total. The van der Waals surface area contributed by atoms with E-state index in [0.717, 1.165) is 4.57 Å². The highest BCUT2D eigenvalue weighted by molar-refractivity contribution is 7.99. The molecule has 0 amide bonds. The summed E-state index contributed by atoms with van der Waals surface area (Å²) in [5.41, 5.74) is 0.118. The molecule has 0 spiro atoms. The van der Waals surface area contributed by atoms with Crippen molar-refractivity contribution in [2.45, 2.75) is 5.03 Å². The number of rotatable bonds is 6. The molecule has 3 rings (SSSR count). The summed E-state index contributed by atoms with van der Waals surface area (Å²) < 4.78 is 12.9. The average Bonchev–Trinajstić information content (AvgIpc) is 2.70. The van der Waals surface area contributed by atoms with E-state index in [1.807, 2.05) is 24.3 Å². The molecule has 0 aliphatic carbocycles. The maximum atomic E-state index is 12.7. The lowest BCUT2D eigenvalue weighted by molar-refractivity contribution is 0.218. The molecule has 2 heterocycles. The molecule has 2 aromatic heterocycles. The minimum atomic E-state index is -0.440. The van der Waals surface area contributed by atoms with E-state index in [0.29, 0.717) is 45.6 Å². The molecule has 0 radical (unpaired) electrons. The van der Waals surface area contributed by atoms with Gasteiger partial charge in [0.1, 0.15) is 16.2 Å². The Morgan fingerprint density at radius 3 is 2.52 bits per heavy atom. The summed E-state index contributed by atoms with van der Waals surface area (Å²) in [5.74, 6) is 1.61. The van der Waals surface area contributed by atoms with Crippen LogP contribution in [-0.2, 0) is 18.8 Å². The van der Waals surface area contributed by atoms with Gasteiger partial charge in [-0.25, -0.2) is 14.8 Å². The highest BCUT2D eigenvalue weighted by Crippen LogP contribution is 2.30. The first-order valence-electron chi connectivity index (χ1n) is 8.22. The van der Waals surface area contributed by atoms with Crippen molar-refractivity contribution in [2.24, 2.45) is 14.1 Å². The van der Waals surface area contributed by atoms with Crippen LogP contribution in [0, 0.1) is 0 Å². The molecule has 0 bridgehead atoms. The van der Waals surface area contributed by atoms with Crippen LogP contribution in [-0.4, -0.2) is 45.7 Å². The van der Waals surface area contributed by atoms with E-state index in [4.69, 9.17) is 9.47 Å². The second kappa shape index (κ2) is 7.93. The van der Waals surface area contributed by atoms with Crippen LogP contribution in [0.3, 0.4) is 0 Å². The van der Waals surface area contributed by atoms with Crippen LogP contribution in [0.25, 0.3) is 22.4 Å². The molecule has 0 fully saturated rings. The zero-order chi connectivity index (χ0) is 19.6. The molecule has 0 unspecified atom stereocenters. The Kier molecular flexibility index (Phi) is 5.62. The summed E-state index contributed by atoms with van der Waals surface area (Å²) in [6, 6.07) is 7.35. The fraction of sp³-hybridized carbons (Fsp3) is 0.333. The van der Waals surface area contributed by atoms with Gasteiger partial charge in [0.2, 0.25) is 0 Å². The average molecular weight is 388 g/mol. The minimum absolute atomic E-state index is 0.291. The first kappa shape index (κ1) is 19.1. The number of para-hydroxylation sites is 1. The maximum absolute atomic E-state index is 12.7. The Bertz CT molecular complexity index is 1110. The van der Waals surface area contributed by atoms with Crippen molar-refractivity contribution in [3.05, 3.63) is 45.1 Å². The van der Waals surface area contributed by atoms with Crippen molar-refractivity contribution >= 4 is 22.8 Å².